The molecule has 0 aromatic heterocycles. The Balaban J connectivity index is 1.95. The Morgan fingerprint density at radius 2 is 1.87 bits per heavy atom. The second-order valence-electron chi connectivity index (χ2n) is 10.1. The van der Waals surface area contributed by atoms with Crippen LogP contribution in [-0.2, 0) is 4.79 Å². The number of carboxylic acid groups (broad SMARTS) is 1. The fourth-order valence-corrected chi connectivity index (χ4v) is 4.94. The van der Waals surface area contributed by atoms with E-state index in [4.69, 9.17) is 16.7 Å². The number of carbonyl (C=O) groups is 1. The quantitative estimate of drug-likeness (QED) is 0.213. The van der Waals surface area contributed by atoms with Crippen LogP contribution in [0.25, 0.3) is 0 Å². The Bertz CT molecular complexity index is 707. The van der Waals surface area contributed by atoms with Gasteiger partial charge in [-0.15, -0.1) is 11.6 Å². The summed E-state index contributed by atoms with van der Waals surface area (Å²) in [6.07, 6.45) is 8.86. The molecule has 5 heteroatoms. The Morgan fingerprint density at radius 3 is 2.48 bits per heavy atom. The number of halogens is 1. The molecule has 1 aliphatic carbocycles. The van der Waals surface area contributed by atoms with Crippen molar-refractivity contribution in [1.29, 1.82) is 0 Å². The number of unbranched alkanes of at least 4 members (excludes halogenated alkanes) is 1. The molecule has 31 heavy (non-hydrogen) atoms. The molecule has 0 amide bonds. The zero-order valence-electron chi connectivity index (χ0n) is 19.1. The second-order valence-corrected chi connectivity index (χ2v) is 10.7. The smallest absolute Gasteiger partial charge is 0.303 e. The summed E-state index contributed by atoms with van der Waals surface area (Å²) >= 11 is 6.56. The molecule has 1 aromatic rings. The van der Waals surface area contributed by atoms with Crippen molar-refractivity contribution in [2.45, 2.75) is 95.6 Å². The number of hydrogen-bond acceptors (Lipinski definition) is 3. The van der Waals surface area contributed by atoms with Crippen LogP contribution in [-0.4, -0.2) is 32.8 Å². The number of carboxylic acids is 1. The molecule has 1 fully saturated rings. The maximum Gasteiger partial charge on any atom is 0.303 e. The van der Waals surface area contributed by atoms with Gasteiger partial charge in [-0.05, 0) is 61.0 Å². The molecular weight excluding hydrogens is 412 g/mol. The van der Waals surface area contributed by atoms with Crippen molar-refractivity contribution in [3.8, 4) is 0 Å². The van der Waals surface area contributed by atoms with Crippen molar-refractivity contribution in [3.63, 3.8) is 0 Å². The summed E-state index contributed by atoms with van der Waals surface area (Å²) in [6.45, 7) is 6.65. The Hall–Kier alpha value is -1.36. The minimum atomic E-state index is -0.768. The zero-order chi connectivity index (χ0) is 23.0. The van der Waals surface area contributed by atoms with Crippen LogP contribution in [0, 0.1) is 11.3 Å². The summed E-state index contributed by atoms with van der Waals surface area (Å²) in [5.41, 5.74) is 2.26. The van der Waals surface area contributed by atoms with E-state index >= 15 is 0 Å². The highest BCUT2D eigenvalue weighted by Crippen LogP contribution is 2.45. The van der Waals surface area contributed by atoms with Gasteiger partial charge in [0.25, 0.3) is 0 Å². The zero-order valence-corrected chi connectivity index (χ0v) is 19.9. The molecular formula is C26H39ClO4. The van der Waals surface area contributed by atoms with Gasteiger partial charge in [0.2, 0.25) is 0 Å². The average Bonchev–Trinajstić information content (AvgIpc) is 2.96. The van der Waals surface area contributed by atoms with Crippen molar-refractivity contribution in [3.05, 3.63) is 47.5 Å². The van der Waals surface area contributed by atoms with E-state index in [0.29, 0.717) is 12.8 Å². The summed E-state index contributed by atoms with van der Waals surface area (Å²) < 4.78 is 0. The molecule has 174 valence electrons. The first kappa shape index (κ1) is 25.9. The fraction of sp³-hybridized carbons (Fsp3) is 0.654. The molecule has 0 spiro atoms. The first-order valence-electron chi connectivity index (χ1n) is 11.6. The van der Waals surface area contributed by atoms with Gasteiger partial charge >= 0.3 is 5.97 Å². The van der Waals surface area contributed by atoms with E-state index in [2.05, 4.69) is 26.8 Å². The largest absolute Gasteiger partial charge is 0.481 e. The van der Waals surface area contributed by atoms with Crippen LogP contribution in [0.3, 0.4) is 0 Å². The maximum atomic E-state index is 10.6. The van der Waals surface area contributed by atoms with E-state index in [1.807, 2.05) is 30.3 Å². The van der Waals surface area contributed by atoms with Crippen molar-refractivity contribution < 1.29 is 20.1 Å². The minimum Gasteiger partial charge on any atom is -0.481 e. The molecule has 1 saturated carbocycles. The molecule has 0 heterocycles. The number of hydrogen-bond donors (Lipinski definition) is 3. The lowest BCUT2D eigenvalue weighted by molar-refractivity contribution is -0.137. The van der Waals surface area contributed by atoms with Crippen LogP contribution in [0.1, 0.15) is 95.3 Å². The third-order valence-electron chi connectivity index (χ3n) is 6.25. The van der Waals surface area contributed by atoms with E-state index in [1.54, 1.807) is 0 Å². The maximum absolute atomic E-state index is 10.6. The Labute approximate surface area is 192 Å². The molecule has 1 aromatic carbocycles. The number of aliphatic carboxylic acids is 1. The summed E-state index contributed by atoms with van der Waals surface area (Å²) in [7, 11) is 0. The summed E-state index contributed by atoms with van der Waals surface area (Å²) in [6, 6.07) is 8.00. The lowest BCUT2D eigenvalue weighted by atomic mass is 9.84. The molecule has 0 bridgehead atoms. The number of aliphatic hydroxyl groups excluding tert-OH is 2. The summed E-state index contributed by atoms with van der Waals surface area (Å²) in [5, 5.41) is 29.8. The lowest BCUT2D eigenvalue weighted by Gasteiger charge is -2.24. The van der Waals surface area contributed by atoms with Gasteiger partial charge in [-0.2, -0.15) is 0 Å². The van der Waals surface area contributed by atoms with E-state index in [-0.39, 0.29) is 29.0 Å². The summed E-state index contributed by atoms with van der Waals surface area (Å²) in [5.74, 6) is -0.663. The third kappa shape index (κ3) is 8.59. The monoisotopic (exact) mass is 450 g/mol. The van der Waals surface area contributed by atoms with Gasteiger partial charge in [-0.1, -0.05) is 63.6 Å². The number of rotatable bonds is 11. The SMILES string of the molecule is CC(C)(C)CCCC(O)c1ccc([C@@H]2[C@@H](CC=CCCCC(=O)O)[C@H](Cl)C[C@H]2O)cc1. The Morgan fingerprint density at radius 1 is 1.19 bits per heavy atom. The van der Waals surface area contributed by atoms with E-state index in [9.17, 15) is 15.0 Å². The molecule has 4 nitrogen and oxygen atoms in total. The van der Waals surface area contributed by atoms with Crippen molar-refractivity contribution >= 4 is 17.6 Å². The van der Waals surface area contributed by atoms with Crippen molar-refractivity contribution in [2.75, 3.05) is 0 Å². The number of alkyl halides is 1. The number of allylic oxidation sites excluding steroid dienone is 2. The van der Waals surface area contributed by atoms with Gasteiger partial charge in [0.05, 0.1) is 12.2 Å². The molecule has 1 aliphatic rings. The highest BCUT2D eigenvalue weighted by atomic mass is 35.5. The molecule has 0 aliphatic heterocycles. The van der Waals surface area contributed by atoms with Crippen LogP contribution in [0.15, 0.2) is 36.4 Å². The lowest BCUT2D eigenvalue weighted by Crippen LogP contribution is -2.18. The topological polar surface area (TPSA) is 77.8 Å². The van der Waals surface area contributed by atoms with Crippen molar-refractivity contribution in [1.82, 2.24) is 0 Å². The average molecular weight is 451 g/mol. The predicted molar refractivity (Wildman–Crippen MR) is 126 cm³/mol. The molecule has 3 N–H and O–H groups in total. The van der Waals surface area contributed by atoms with Gasteiger partial charge in [0, 0.05) is 17.7 Å². The van der Waals surface area contributed by atoms with Crippen LogP contribution in [0.4, 0.5) is 0 Å². The Kier molecular flexibility index (Phi) is 10.1. The predicted octanol–water partition coefficient (Wildman–Crippen LogP) is 6.21. The van der Waals surface area contributed by atoms with E-state index in [1.165, 1.54) is 0 Å². The van der Waals surface area contributed by atoms with Gasteiger partial charge in [0.1, 0.15) is 0 Å². The summed E-state index contributed by atoms with van der Waals surface area (Å²) in [4.78, 5) is 10.6. The van der Waals surface area contributed by atoms with Crippen LogP contribution < -0.4 is 0 Å². The first-order valence-corrected chi connectivity index (χ1v) is 12.0. The normalized spacial score (nSPS) is 25.2. The van der Waals surface area contributed by atoms with Crippen LogP contribution in [0.2, 0.25) is 0 Å². The van der Waals surface area contributed by atoms with Gasteiger partial charge < -0.3 is 15.3 Å². The number of aliphatic hydroxyl groups is 2. The van der Waals surface area contributed by atoms with Gasteiger partial charge in [-0.3, -0.25) is 4.79 Å². The van der Waals surface area contributed by atoms with Crippen LogP contribution in [0.5, 0.6) is 0 Å². The highest BCUT2D eigenvalue weighted by molar-refractivity contribution is 6.21. The molecule has 2 rings (SSSR count). The minimum absolute atomic E-state index is 0.0294. The molecule has 5 atom stereocenters. The van der Waals surface area contributed by atoms with E-state index < -0.39 is 18.2 Å². The highest BCUT2D eigenvalue weighted by Gasteiger charge is 2.41. The fourth-order valence-electron chi connectivity index (χ4n) is 4.50. The van der Waals surface area contributed by atoms with Crippen molar-refractivity contribution in [2.24, 2.45) is 11.3 Å². The number of benzene rings is 1. The first-order chi connectivity index (χ1) is 14.6. The van der Waals surface area contributed by atoms with Gasteiger partial charge in [-0.25, -0.2) is 0 Å². The van der Waals surface area contributed by atoms with Crippen LogP contribution >= 0.6 is 11.6 Å². The third-order valence-corrected chi connectivity index (χ3v) is 6.76. The van der Waals surface area contributed by atoms with Gasteiger partial charge in [0.15, 0.2) is 0 Å². The molecule has 0 radical (unpaired) electrons. The standard InChI is InChI=1S/C26H39ClO4/c1-26(2,3)16-8-10-22(28)18-12-14-19(15-13-18)25-20(21(27)17-23(25)29)9-6-4-5-7-11-24(30)31/h4,6,12-15,20-23,25,28-29H,5,7-11,16-17H2,1-3H3,(H,30,31)/t20-,21+,22?,23+,25+/m0/s1. The molecule has 0 saturated heterocycles. The second kappa shape index (κ2) is 12.0. The molecule has 1 unspecified atom stereocenters. The van der Waals surface area contributed by atoms with E-state index in [0.717, 1.165) is 43.2 Å².